The Morgan fingerprint density at radius 2 is 1.50 bits per heavy atom. The number of carboxylic acids is 1. The Balaban J connectivity index is 2.99. The zero-order valence-corrected chi connectivity index (χ0v) is 17.9. The van der Waals surface area contributed by atoms with Gasteiger partial charge in [0.25, 0.3) is 0 Å². The molecule has 0 bridgehead atoms. The molecule has 1 aromatic carbocycles. The van der Waals surface area contributed by atoms with Crippen LogP contribution in [0.3, 0.4) is 0 Å². The van der Waals surface area contributed by atoms with Crippen LogP contribution in [0.4, 0.5) is 31.1 Å². The van der Waals surface area contributed by atoms with Gasteiger partial charge >= 0.3 is 24.4 Å². The van der Waals surface area contributed by atoms with Crippen LogP contribution in [-0.4, -0.2) is 35.9 Å². The van der Waals surface area contributed by atoms with Crippen LogP contribution in [0.15, 0.2) is 18.2 Å². The van der Waals surface area contributed by atoms with E-state index >= 15 is 0 Å². The van der Waals surface area contributed by atoms with Crippen molar-refractivity contribution < 1.29 is 50.5 Å². The molecule has 0 radical (unpaired) electrons. The summed E-state index contributed by atoms with van der Waals surface area (Å²) in [7, 11) is 0. The Bertz CT molecular complexity index is 769. The molecule has 0 aliphatic carbocycles. The van der Waals surface area contributed by atoms with Gasteiger partial charge < -0.3 is 19.9 Å². The van der Waals surface area contributed by atoms with Crippen LogP contribution in [0.25, 0.3) is 0 Å². The highest BCUT2D eigenvalue weighted by Crippen LogP contribution is 2.38. The molecule has 2 atom stereocenters. The molecule has 0 saturated heterocycles. The lowest BCUT2D eigenvalue weighted by Gasteiger charge is -2.30. The molecular formula is C20H25F6NO5. The van der Waals surface area contributed by atoms with Gasteiger partial charge in [0.05, 0.1) is 11.1 Å². The fraction of sp³-hybridized carbons (Fsp3) is 0.600. The number of ether oxygens (including phenoxy) is 2. The lowest BCUT2D eigenvalue weighted by Crippen LogP contribution is -2.47. The van der Waals surface area contributed by atoms with Crippen LogP contribution in [0.1, 0.15) is 51.7 Å². The van der Waals surface area contributed by atoms with Crippen LogP contribution < -0.4 is 10.1 Å². The maximum atomic E-state index is 12.9. The Morgan fingerprint density at radius 3 is 1.88 bits per heavy atom. The van der Waals surface area contributed by atoms with Crippen molar-refractivity contribution in [2.75, 3.05) is 6.61 Å². The maximum absolute atomic E-state index is 12.9. The molecule has 0 aliphatic heterocycles. The minimum absolute atomic E-state index is 0.0858. The minimum Gasteiger partial charge on any atom is -0.491 e. The summed E-state index contributed by atoms with van der Waals surface area (Å²) in [5.41, 5.74) is -3.68. The van der Waals surface area contributed by atoms with Gasteiger partial charge in [-0.1, -0.05) is 34.1 Å². The molecule has 1 amide bonds. The van der Waals surface area contributed by atoms with Crippen molar-refractivity contribution in [3.63, 3.8) is 0 Å². The van der Waals surface area contributed by atoms with Crippen molar-refractivity contribution in [3.8, 4) is 5.75 Å². The van der Waals surface area contributed by atoms with E-state index in [0.717, 1.165) is 0 Å². The number of aliphatic carboxylic acids is 1. The van der Waals surface area contributed by atoms with Gasteiger partial charge in [-0.25, -0.2) is 9.59 Å². The lowest BCUT2D eigenvalue weighted by molar-refractivity contribution is -0.144. The molecule has 0 aromatic heterocycles. The van der Waals surface area contributed by atoms with Crippen LogP contribution in [0.5, 0.6) is 5.75 Å². The summed E-state index contributed by atoms with van der Waals surface area (Å²) in [4.78, 5) is 23.5. The molecule has 2 N–H and O–H groups in total. The van der Waals surface area contributed by atoms with E-state index in [2.05, 4.69) is 0 Å². The normalized spacial score (nSPS) is 14.4. The number of rotatable bonds is 8. The molecule has 0 saturated carbocycles. The number of carboxylic acid groups (broad SMARTS) is 1. The number of carbonyl (C=O) groups excluding carboxylic acids is 1. The van der Waals surface area contributed by atoms with Gasteiger partial charge in [0, 0.05) is 0 Å². The third-order valence-corrected chi connectivity index (χ3v) is 4.33. The molecule has 0 fully saturated rings. The van der Waals surface area contributed by atoms with Gasteiger partial charge in [-0.3, -0.25) is 0 Å². The van der Waals surface area contributed by atoms with Gasteiger partial charge in [-0.15, -0.1) is 0 Å². The lowest BCUT2D eigenvalue weighted by atomic mass is 9.86. The first kappa shape index (κ1) is 27.4. The van der Waals surface area contributed by atoms with Gasteiger partial charge in [0.15, 0.2) is 6.04 Å². The van der Waals surface area contributed by atoms with Crippen LogP contribution in [0.2, 0.25) is 0 Å². The molecule has 32 heavy (non-hydrogen) atoms. The van der Waals surface area contributed by atoms with E-state index in [-0.39, 0.29) is 6.07 Å². The SMILES string of the molecule is CCCC(OC(=O)N[C@H](COc1cc(C(F)(F)F)cc(C(F)(F)F)c1)C(=O)O)C(C)(C)C. The fourth-order valence-corrected chi connectivity index (χ4v) is 2.60. The first-order chi connectivity index (χ1) is 14.4. The van der Waals surface area contributed by atoms with Crippen LogP contribution >= 0.6 is 0 Å². The second-order valence-corrected chi connectivity index (χ2v) is 8.14. The van der Waals surface area contributed by atoms with Crippen molar-refractivity contribution in [2.45, 2.75) is 65.0 Å². The summed E-state index contributed by atoms with van der Waals surface area (Å²) >= 11 is 0. The first-order valence-electron chi connectivity index (χ1n) is 9.57. The number of amides is 1. The second-order valence-electron chi connectivity index (χ2n) is 8.14. The number of hydrogen-bond acceptors (Lipinski definition) is 4. The van der Waals surface area contributed by atoms with E-state index in [4.69, 9.17) is 9.47 Å². The van der Waals surface area contributed by atoms with E-state index in [0.29, 0.717) is 25.0 Å². The Morgan fingerprint density at radius 1 is 1.00 bits per heavy atom. The molecular weight excluding hydrogens is 448 g/mol. The summed E-state index contributed by atoms with van der Waals surface area (Å²) in [6.45, 7) is 6.36. The van der Waals surface area contributed by atoms with E-state index in [1.165, 1.54) is 0 Å². The number of halogens is 6. The minimum atomic E-state index is -5.09. The monoisotopic (exact) mass is 473 g/mol. The topological polar surface area (TPSA) is 84.9 Å². The third-order valence-electron chi connectivity index (χ3n) is 4.33. The van der Waals surface area contributed by atoms with Gasteiger partial charge in [-0.05, 0) is 30.0 Å². The van der Waals surface area contributed by atoms with Crippen LogP contribution in [0, 0.1) is 5.41 Å². The summed E-state index contributed by atoms with van der Waals surface area (Å²) in [6, 6.07) is -1.25. The predicted molar refractivity (Wildman–Crippen MR) is 101 cm³/mol. The van der Waals surface area contributed by atoms with E-state index in [1.54, 1.807) is 0 Å². The summed E-state index contributed by atoms with van der Waals surface area (Å²) in [6.07, 6.45) is -10.7. The average molecular weight is 473 g/mol. The number of benzene rings is 1. The van der Waals surface area contributed by atoms with Crippen molar-refractivity contribution in [1.82, 2.24) is 5.32 Å². The van der Waals surface area contributed by atoms with Crippen molar-refractivity contribution >= 4 is 12.1 Å². The third kappa shape index (κ3) is 8.46. The highest BCUT2D eigenvalue weighted by Gasteiger charge is 2.37. The fourth-order valence-electron chi connectivity index (χ4n) is 2.60. The Hall–Kier alpha value is -2.66. The zero-order chi connectivity index (χ0) is 24.9. The Kier molecular flexibility index (Phi) is 8.82. The predicted octanol–water partition coefficient (Wildman–Crippen LogP) is 5.50. The molecule has 1 unspecified atom stereocenters. The number of nitrogens with one attached hydrogen (secondary N) is 1. The van der Waals surface area contributed by atoms with E-state index in [1.807, 2.05) is 33.0 Å². The molecule has 6 nitrogen and oxygen atoms in total. The Labute approximate surface area is 180 Å². The number of carbonyl (C=O) groups is 2. The van der Waals surface area contributed by atoms with Crippen molar-refractivity contribution in [1.29, 1.82) is 0 Å². The van der Waals surface area contributed by atoms with Crippen LogP contribution in [-0.2, 0) is 21.9 Å². The molecule has 1 rings (SSSR count). The molecule has 182 valence electrons. The second kappa shape index (κ2) is 10.3. The molecule has 1 aromatic rings. The average Bonchev–Trinajstić information content (AvgIpc) is 2.62. The summed E-state index contributed by atoms with van der Waals surface area (Å²) in [5, 5.41) is 11.3. The number of hydrogen-bond donors (Lipinski definition) is 2. The molecule has 0 heterocycles. The van der Waals surface area contributed by atoms with E-state index in [9.17, 15) is 41.0 Å². The largest absolute Gasteiger partial charge is 0.491 e. The number of alkyl carbamates (subject to hydrolysis) is 1. The number of alkyl halides is 6. The van der Waals surface area contributed by atoms with Gasteiger partial charge in [0.1, 0.15) is 18.5 Å². The smallest absolute Gasteiger partial charge is 0.416 e. The van der Waals surface area contributed by atoms with E-state index < -0.39 is 65.5 Å². The van der Waals surface area contributed by atoms with Gasteiger partial charge in [-0.2, -0.15) is 26.3 Å². The first-order valence-corrected chi connectivity index (χ1v) is 9.57. The quantitative estimate of drug-likeness (QED) is 0.488. The summed E-state index contributed by atoms with van der Waals surface area (Å²) < 4.78 is 87.7. The van der Waals surface area contributed by atoms with Crippen molar-refractivity contribution in [3.05, 3.63) is 29.3 Å². The maximum Gasteiger partial charge on any atom is 0.416 e. The molecule has 0 aliphatic rings. The zero-order valence-electron chi connectivity index (χ0n) is 17.9. The molecule has 12 heteroatoms. The summed E-state index contributed by atoms with van der Waals surface area (Å²) in [5.74, 6) is -2.47. The van der Waals surface area contributed by atoms with Gasteiger partial charge in [0.2, 0.25) is 0 Å². The highest BCUT2D eigenvalue weighted by atomic mass is 19.4. The standard InChI is InChI=1S/C20H25F6NO5/c1-5-6-15(18(2,3)4)32-17(30)27-14(16(28)29)10-31-13-8-11(19(21,22)23)7-12(9-13)20(24,25)26/h7-9,14-15H,5-6,10H2,1-4H3,(H,27,30)(H,28,29)/t14-,15?/m1/s1. The molecule has 0 spiro atoms. The van der Waals surface area contributed by atoms with Crippen molar-refractivity contribution in [2.24, 2.45) is 5.41 Å². The highest BCUT2D eigenvalue weighted by molar-refractivity contribution is 5.80.